The number of hydrogen-bond acceptors (Lipinski definition) is 0. The van der Waals surface area contributed by atoms with Crippen LogP contribution >= 0.6 is 0 Å². The minimum Gasteiger partial charge on any atom is -1.00 e. The van der Waals surface area contributed by atoms with E-state index in [1.165, 1.54) is 36.2 Å². The van der Waals surface area contributed by atoms with Gasteiger partial charge in [-0.05, 0) is 20.8 Å². The van der Waals surface area contributed by atoms with Crippen molar-refractivity contribution in [3.8, 4) is 0 Å². The van der Waals surface area contributed by atoms with Gasteiger partial charge in [-0.15, -0.1) is 0 Å². The molecule has 4 N–H and O–H groups in total. The molecule has 2 nitrogen and oxygen atoms in total. The van der Waals surface area contributed by atoms with Crippen LogP contribution in [-0.2, 0) is 6.54 Å². The summed E-state index contributed by atoms with van der Waals surface area (Å²) in [4.78, 5) is 0. The van der Waals surface area contributed by atoms with E-state index < -0.39 is 0 Å². The molecular formula is C13H26Cl2N2. The number of halogens is 2. The lowest BCUT2D eigenvalue weighted by Gasteiger charge is -2.35. The van der Waals surface area contributed by atoms with Gasteiger partial charge in [-0.25, -0.2) is 0 Å². The van der Waals surface area contributed by atoms with Gasteiger partial charge in [-0.3, -0.25) is 0 Å². The summed E-state index contributed by atoms with van der Waals surface area (Å²) in [5, 5.41) is 0. The molecule has 1 rings (SSSR count). The Balaban J connectivity index is -0.000000653. The first-order valence-electron chi connectivity index (χ1n) is 5.65. The Hall–Kier alpha value is -0.280. The van der Waals surface area contributed by atoms with E-state index in [0.29, 0.717) is 0 Å². The van der Waals surface area contributed by atoms with E-state index in [-0.39, 0.29) is 31.0 Å². The molecule has 0 saturated heterocycles. The average molecular weight is 281 g/mol. The average Bonchev–Trinajstić information content (AvgIpc) is 2.28. The van der Waals surface area contributed by atoms with Crippen molar-refractivity contribution < 1.29 is 29.3 Å². The largest absolute Gasteiger partial charge is 1.00 e. The molecule has 0 atom stereocenters. The van der Waals surface area contributed by atoms with Crippen molar-refractivity contribution in [3.63, 3.8) is 0 Å². The second kappa shape index (κ2) is 10.8. The standard InChI is InChI=1S/C13H22N.2ClH.H3N/c1-4-14(5-2,6-3)12-13-10-8-7-9-11-13;;;/h7-11H,4-6,12H2,1-3H3;2*1H;1H3/q+1;;;/p-1. The van der Waals surface area contributed by atoms with Crippen LogP contribution < -0.4 is 31.0 Å². The number of benzene rings is 1. The number of nitrogens with zero attached hydrogens (tertiary/aromatic N) is 1. The maximum absolute atomic E-state index is 2.29. The number of hydrogen-bond donors (Lipinski definition) is 1. The minimum atomic E-state index is 0. The summed E-state index contributed by atoms with van der Waals surface area (Å²) in [5.41, 5.74) is 1.46. The Bertz CT molecular complexity index is 253. The lowest BCUT2D eigenvalue weighted by molar-refractivity contribution is -0.936. The first kappa shape index (κ1) is 21.9. The van der Waals surface area contributed by atoms with Crippen molar-refractivity contribution in [1.82, 2.24) is 6.15 Å². The molecule has 0 saturated carbocycles. The molecule has 0 fully saturated rings. The van der Waals surface area contributed by atoms with Gasteiger partial charge in [-0.1, -0.05) is 30.3 Å². The molecule has 0 aromatic heterocycles. The highest BCUT2D eigenvalue weighted by atomic mass is 35.5. The molecule has 17 heavy (non-hydrogen) atoms. The monoisotopic (exact) mass is 280 g/mol. The molecule has 0 bridgehead atoms. The molecule has 0 amide bonds. The smallest absolute Gasteiger partial charge is 0.104 e. The van der Waals surface area contributed by atoms with Gasteiger partial charge in [-0.2, -0.15) is 0 Å². The van der Waals surface area contributed by atoms with E-state index in [9.17, 15) is 0 Å². The Morgan fingerprint density at radius 1 is 0.824 bits per heavy atom. The van der Waals surface area contributed by atoms with Crippen LogP contribution in [0.15, 0.2) is 30.3 Å². The number of quaternary nitrogens is 2. The Kier molecular flexibility index (Phi) is 14.0. The molecule has 0 aliphatic carbocycles. The molecule has 0 aliphatic heterocycles. The summed E-state index contributed by atoms with van der Waals surface area (Å²) in [6, 6.07) is 10.8. The predicted molar refractivity (Wildman–Crippen MR) is 68.0 cm³/mol. The second-order valence-corrected chi connectivity index (χ2v) is 3.93. The van der Waals surface area contributed by atoms with Crippen LogP contribution in [0.4, 0.5) is 0 Å². The van der Waals surface area contributed by atoms with Gasteiger partial charge in [0.2, 0.25) is 0 Å². The Morgan fingerprint density at radius 3 is 1.59 bits per heavy atom. The molecule has 4 heteroatoms. The summed E-state index contributed by atoms with van der Waals surface area (Å²) >= 11 is 0. The molecule has 0 aliphatic rings. The molecule has 0 unspecified atom stereocenters. The van der Waals surface area contributed by atoms with Gasteiger partial charge in [0.1, 0.15) is 6.54 Å². The Labute approximate surface area is 118 Å². The highest BCUT2D eigenvalue weighted by Crippen LogP contribution is 2.13. The van der Waals surface area contributed by atoms with Crippen LogP contribution in [0.2, 0.25) is 0 Å². The van der Waals surface area contributed by atoms with E-state index in [1.807, 2.05) is 0 Å². The Morgan fingerprint density at radius 2 is 1.24 bits per heavy atom. The summed E-state index contributed by atoms with van der Waals surface area (Å²) in [5.74, 6) is 0. The van der Waals surface area contributed by atoms with E-state index in [2.05, 4.69) is 51.1 Å². The van der Waals surface area contributed by atoms with Gasteiger partial charge < -0.3 is 35.4 Å². The van der Waals surface area contributed by atoms with Gasteiger partial charge in [0.05, 0.1) is 19.6 Å². The van der Waals surface area contributed by atoms with Crippen molar-refractivity contribution in [2.45, 2.75) is 27.3 Å². The van der Waals surface area contributed by atoms with Crippen LogP contribution in [0.5, 0.6) is 0 Å². The van der Waals surface area contributed by atoms with Gasteiger partial charge in [0.15, 0.2) is 0 Å². The zero-order chi connectivity index (χ0) is 10.4. The van der Waals surface area contributed by atoms with Crippen LogP contribution in [0.1, 0.15) is 26.3 Å². The van der Waals surface area contributed by atoms with Crippen LogP contribution in [-0.4, -0.2) is 24.1 Å². The van der Waals surface area contributed by atoms with E-state index in [1.54, 1.807) is 0 Å². The van der Waals surface area contributed by atoms with E-state index >= 15 is 0 Å². The third kappa shape index (κ3) is 6.27. The van der Waals surface area contributed by atoms with Gasteiger partial charge in [0, 0.05) is 5.56 Å². The zero-order valence-electron chi connectivity index (χ0n) is 11.4. The highest BCUT2D eigenvalue weighted by molar-refractivity contribution is 5.13. The normalized spacial score (nSPS) is 9.59. The second-order valence-electron chi connectivity index (χ2n) is 3.93. The maximum atomic E-state index is 2.29. The van der Waals surface area contributed by atoms with Crippen molar-refractivity contribution >= 4 is 0 Å². The fourth-order valence-electron chi connectivity index (χ4n) is 1.98. The SMILES string of the molecule is CC[N+](CC)(CC)Cc1ccccc1.[Cl-].[Cl-].[NH4+]. The molecule has 0 radical (unpaired) electrons. The summed E-state index contributed by atoms with van der Waals surface area (Å²) in [6.45, 7) is 11.7. The first-order valence-corrected chi connectivity index (χ1v) is 5.65. The van der Waals surface area contributed by atoms with Gasteiger partial charge >= 0.3 is 0 Å². The number of rotatable bonds is 5. The molecule has 0 heterocycles. The van der Waals surface area contributed by atoms with E-state index in [4.69, 9.17) is 0 Å². The first-order chi connectivity index (χ1) is 6.76. The lowest BCUT2D eigenvalue weighted by atomic mass is 10.2. The van der Waals surface area contributed by atoms with Crippen molar-refractivity contribution in [2.75, 3.05) is 19.6 Å². The quantitative estimate of drug-likeness (QED) is 0.577. The minimum absolute atomic E-state index is 0. The molecule has 1 aromatic rings. The fourth-order valence-corrected chi connectivity index (χ4v) is 1.98. The topological polar surface area (TPSA) is 36.5 Å². The van der Waals surface area contributed by atoms with Crippen LogP contribution in [0, 0.1) is 0 Å². The van der Waals surface area contributed by atoms with Gasteiger partial charge in [0.25, 0.3) is 0 Å². The van der Waals surface area contributed by atoms with E-state index in [0.717, 1.165) is 0 Å². The summed E-state index contributed by atoms with van der Waals surface area (Å²) in [7, 11) is 0. The molecular weight excluding hydrogens is 255 g/mol. The third-order valence-corrected chi connectivity index (χ3v) is 3.37. The van der Waals surface area contributed by atoms with Crippen molar-refractivity contribution in [1.29, 1.82) is 0 Å². The zero-order valence-corrected chi connectivity index (χ0v) is 12.9. The summed E-state index contributed by atoms with van der Waals surface area (Å²) in [6.07, 6.45) is 0. The molecule has 102 valence electrons. The fraction of sp³-hybridized carbons (Fsp3) is 0.538. The van der Waals surface area contributed by atoms with Crippen LogP contribution in [0.3, 0.4) is 0 Å². The molecule has 1 aromatic carbocycles. The third-order valence-electron chi connectivity index (χ3n) is 3.37. The maximum Gasteiger partial charge on any atom is 0.104 e. The predicted octanol–water partition coefficient (Wildman–Crippen LogP) is -2.55. The van der Waals surface area contributed by atoms with Crippen molar-refractivity contribution in [2.24, 2.45) is 0 Å². The van der Waals surface area contributed by atoms with Crippen molar-refractivity contribution in [3.05, 3.63) is 35.9 Å². The lowest BCUT2D eigenvalue weighted by Crippen LogP contribution is -3.00. The highest BCUT2D eigenvalue weighted by Gasteiger charge is 2.20. The van der Waals surface area contributed by atoms with Crippen LogP contribution in [0.25, 0.3) is 0 Å². The molecule has 0 spiro atoms. The summed E-state index contributed by atoms with van der Waals surface area (Å²) < 4.78 is 1.20.